The Hall–Kier alpha value is -1.59. The molecule has 0 unspecified atom stereocenters. The molecule has 1 saturated heterocycles. The molecule has 0 atom stereocenters. The highest BCUT2D eigenvalue weighted by atomic mass is 32.1. The molecule has 2 heterocycles. The van der Waals surface area contributed by atoms with E-state index in [1.165, 1.54) is 30.8 Å². The van der Waals surface area contributed by atoms with Crippen LogP contribution in [0.2, 0.25) is 0 Å². The molecule has 2 N–H and O–H groups in total. The Morgan fingerprint density at radius 1 is 1.39 bits per heavy atom. The summed E-state index contributed by atoms with van der Waals surface area (Å²) in [5.74, 6) is 0.636. The van der Waals surface area contributed by atoms with Crippen molar-refractivity contribution in [2.75, 3.05) is 25.9 Å². The fraction of sp³-hybridized carbons (Fsp3) is 0.500. The van der Waals surface area contributed by atoms with E-state index in [2.05, 4.69) is 29.5 Å². The number of rotatable bonds is 8. The van der Waals surface area contributed by atoms with Crippen LogP contribution in [-0.4, -0.2) is 30.1 Å². The van der Waals surface area contributed by atoms with Gasteiger partial charge in [0.15, 0.2) is 5.13 Å². The van der Waals surface area contributed by atoms with Crippen LogP contribution in [0, 0.1) is 0 Å². The Morgan fingerprint density at radius 3 is 2.78 bits per heavy atom. The molecule has 1 aliphatic rings. The number of ether oxygens (including phenoxy) is 1. The van der Waals surface area contributed by atoms with Crippen LogP contribution in [0.15, 0.2) is 30.6 Å². The first-order valence-corrected chi connectivity index (χ1v) is 9.04. The average molecular weight is 334 g/mol. The van der Waals surface area contributed by atoms with Gasteiger partial charge in [0.05, 0.1) is 12.8 Å². The maximum atomic E-state index is 6.00. The summed E-state index contributed by atoms with van der Waals surface area (Å²) in [5, 5.41) is 0.635. The van der Waals surface area contributed by atoms with Gasteiger partial charge in [-0.1, -0.05) is 26.0 Å². The number of hydrogen-bond donors (Lipinski definition) is 1. The molecule has 2 rings (SSSR count). The zero-order valence-electron chi connectivity index (χ0n) is 14.2. The molecule has 126 valence electrons. The predicted molar refractivity (Wildman–Crippen MR) is 99.2 cm³/mol. The molecule has 0 aromatic carbocycles. The smallest absolute Gasteiger partial charge is 0.180 e. The van der Waals surface area contributed by atoms with Crippen LogP contribution in [0.3, 0.4) is 0 Å². The van der Waals surface area contributed by atoms with Gasteiger partial charge in [-0.05, 0) is 50.1 Å². The van der Waals surface area contributed by atoms with Crippen molar-refractivity contribution in [3.05, 3.63) is 41.1 Å². The summed E-state index contributed by atoms with van der Waals surface area (Å²) in [4.78, 5) is 8.32. The van der Waals surface area contributed by atoms with Gasteiger partial charge in [-0.15, -0.1) is 11.3 Å². The summed E-state index contributed by atoms with van der Waals surface area (Å²) >= 11 is 1.60. The summed E-state index contributed by atoms with van der Waals surface area (Å²) in [7, 11) is 1.63. The zero-order chi connectivity index (χ0) is 16.7. The quantitative estimate of drug-likeness (QED) is 0.571. The Balaban J connectivity index is 2.26. The normalized spacial score (nSPS) is 16.3. The van der Waals surface area contributed by atoms with E-state index in [4.69, 9.17) is 10.5 Å². The fourth-order valence-corrected chi connectivity index (χ4v) is 3.54. The molecule has 23 heavy (non-hydrogen) atoms. The van der Waals surface area contributed by atoms with Crippen LogP contribution in [0.25, 0.3) is 5.57 Å². The van der Waals surface area contributed by atoms with Crippen molar-refractivity contribution in [1.82, 2.24) is 9.88 Å². The largest absolute Gasteiger partial charge is 0.497 e. The number of allylic oxidation sites excluding steroid dienone is 4. The molecule has 4 nitrogen and oxygen atoms in total. The number of aromatic nitrogens is 1. The highest BCUT2D eigenvalue weighted by Gasteiger charge is 2.18. The summed E-state index contributed by atoms with van der Waals surface area (Å²) in [5.41, 5.74) is 8.11. The van der Waals surface area contributed by atoms with Gasteiger partial charge in [0, 0.05) is 11.4 Å². The van der Waals surface area contributed by atoms with Crippen molar-refractivity contribution < 1.29 is 4.74 Å². The van der Waals surface area contributed by atoms with E-state index in [9.17, 15) is 0 Å². The van der Waals surface area contributed by atoms with Gasteiger partial charge in [-0.2, -0.15) is 0 Å². The lowest BCUT2D eigenvalue weighted by Gasteiger charge is -2.14. The minimum Gasteiger partial charge on any atom is -0.497 e. The number of anilines is 1. The minimum absolute atomic E-state index is 0.635. The van der Waals surface area contributed by atoms with Crippen molar-refractivity contribution in [2.24, 2.45) is 0 Å². The monoisotopic (exact) mass is 333 g/mol. The first-order valence-electron chi connectivity index (χ1n) is 8.23. The van der Waals surface area contributed by atoms with E-state index < -0.39 is 0 Å². The predicted octanol–water partition coefficient (Wildman–Crippen LogP) is 4.22. The van der Waals surface area contributed by atoms with Gasteiger partial charge in [0.25, 0.3) is 0 Å². The molecule has 0 spiro atoms. The van der Waals surface area contributed by atoms with Gasteiger partial charge in [0.2, 0.25) is 0 Å². The van der Waals surface area contributed by atoms with E-state index in [0.717, 1.165) is 30.7 Å². The van der Waals surface area contributed by atoms with Crippen LogP contribution in [-0.2, 0) is 11.3 Å². The number of nitrogen functional groups attached to an aromatic ring is 1. The van der Waals surface area contributed by atoms with Crippen LogP contribution in [0.1, 0.15) is 43.2 Å². The van der Waals surface area contributed by atoms with Crippen LogP contribution >= 0.6 is 11.3 Å². The zero-order valence-corrected chi connectivity index (χ0v) is 15.0. The van der Waals surface area contributed by atoms with Gasteiger partial charge < -0.3 is 10.5 Å². The molecule has 1 aromatic heterocycles. The van der Waals surface area contributed by atoms with E-state index in [1.54, 1.807) is 18.4 Å². The highest BCUT2D eigenvalue weighted by Crippen LogP contribution is 2.30. The number of nitrogens with two attached hydrogens (primary N) is 1. The minimum atomic E-state index is 0.635. The molecule has 0 saturated carbocycles. The molecular formula is C18H27N3OS. The summed E-state index contributed by atoms with van der Waals surface area (Å²) in [6.45, 7) is 9.29. The second-order valence-electron chi connectivity index (χ2n) is 5.76. The number of nitrogens with zero attached hydrogens (tertiary/aromatic N) is 2. The number of likely N-dealkylation sites (tertiary alicyclic amines) is 1. The molecular weight excluding hydrogens is 306 g/mol. The third kappa shape index (κ3) is 5.22. The topological polar surface area (TPSA) is 51.4 Å². The fourth-order valence-electron chi connectivity index (χ4n) is 2.64. The molecule has 0 aliphatic carbocycles. The van der Waals surface area contributed by atoms with Gasteiger partial charge in [-0.3, -0.25) is 4.90 Å². The second kappa shape index (κ2) is 8.89. The van der Waals surface area contributed by atoms with Crippen molar-refractivity contribution in [1.29, 1.82) is 0 Å². The third-order valence-corrected chi connectivity index (χ3v) is 4.79. The lowest BCUT2D eigenvalue weighted by molar-refractivity contribution is 0.309. The SMILES string of the molecule is C=C(/C=C\C(=C/CCC)c1nc(N)sc1CN1CCCC1)OC. The summed E-state index contributed by atoms with van der Waals surface area (Å²) in [6, 6.07) is 0. The van der Waals surface area contributed by atoms with E-state index in [0.29, 0.717) is 10.9 Å². The second-order valence-corrected chi connectivity index (χ2v) is 6.87. The van der Waals surface area contributed by atoms with Crippen molar-refractivity contribution in [3.8, 4) is 0 Å². The van der Waals surface area contributed by atoms with E-state index in [-0.39, 0.29) is 0 Å². The highest BCUT2D eigenvalue weighted by molar-refractivity contribution is 7.15. The van der Waals surface area contributed by atoms with E-state index >= 15 is 0 Å². The maximum Gasteiger partial charge on any atom is 0.180 e. The van der Waals surface area contributed by atoms with Crippen molar-refractivity contribution in [3.63, 3.8) is 0 Å². The Bertz CT molecular complexity index is 583. The van der Waals surface area contributed by atoms with E-state index in [1.807, 2.05) is 12.2 Å². The first kappa shape index (κ1) is 17.8. The summed E-state index contributed by atoms with van der Waals surface area (Å²) in [6.07, 6.45) is 10.8. The van der Waals surface area contributed by atoms with Gasteiger partial charge in [-0.25, -0.2) is 4.98 Å². The van der Waals surface area contributed by atoms with Crippen LogP contribution in [0.5, 0.6) is 0 Å². The van der Waals surface area contributed by atoms with Crippen LogP contribution in [0.4, 0.5) is 5.13 Å². The van der Waals surface area contributed by atoms with Gasteiger partial charge in [0.1, 0.15) is 5.76 Å². The number of hydrogen-bond acceptors (Lipinski definition) is 5. The molecule has 0 radical (unpaired) electrons. The van der Waals surface area contributed by atoms with Gasteiger partial charge >= 0.3 is 0 Å². The molecule has 1 fully saturated rings. The Morgan fingerprint density at radius 2 is 2.13 bits per heavy atom. The lowest BCUT2D eigenvalue weighted by atomic mass is 10.1. The van der Waals surface area contributed by atoms with Crippen LogP contribution < -0.4 is 5.73 Å². The lowest BCUT2D eigenvalue weighted by Crippen LogP contribution is -2.18. The standard InChI is InChI=1S/C18H27N3OS/c1-4-5-8-15(10-9-14(2)22-3)17-16(23-18(19)20-17)13-21-11-6-7-12-21/h8-10H,2,4-7,11-13H2,1,3H3,(H2,19,20)/b10-9-,15-8+. The third-order valence-electron chi connectivity index (χ3n) is 3.92. The maximum absolute atomic E-state index is 6.00. The summed E-state index contributed by atoms with van der Waals surface area (Å²) < 4.78 is 5.12. The number of methoxy groups -OCH3 is 1. The first-order chi connectivity index (χ1) is 11.1. The Kier molecular flexibility index (Phi) is 6.86. The molecule has 1 aliphatic heterocycles. The number of thiazole rings is 1. The molecule has 5 heteroatoms. The van der Waals surface area contributed by atoms with Crippen molar-refractivity contribution >= 4 is 22.0 Å². The molecule has 1 aromatic rings. The average Bonchev–Trinajstić information content (AvgIpc) is 3.17. The Labute approximate surface area is 143 Å². The number of unbranched alkanes of at least 4 members (excludes halogenated alkanes) is 1. The van der Waals surface area contributed by atoms with Crippen molar-refractivity contribution in [2.45, 2.75) is 39.2 Å². The molecule has 0 bridgehead atoms. The molecule has 0 amide bonds.